The van der Waals surface area contributed by atoms with E-state index in [0.717, 1.165) is 24.8 Å². The normalized spacial score (nSPS) is 20.4. The molecule has 0 aromatic rings. The molecule has 1 N–H and O–H groups in total. The number of nitrogens with zero attached hydrogens (tertiary/aromatic N) is 2. The van der Waals surface area contributed by atoms with Crippen molar-refractivity contribution in [3.05, 3.63) is 0 Å². The predicted molar refractivity (Wildman–Crippen MR) is 99.2 cm³/mol. The Morgan fingerprint density at radius 1 is 1.50 bits per heavy atom. The van der Waals surface area contributed by atoms with Gasteiger partial charge >= 0.3 is 0 Å². The molecule has 20 heavy (non-hydrogen) atoms. The van der Waals surface area contributed by atoms with Crippen molar-refractivity contribution in [2.24, 2.45) is 4.99 Å². The fraction of sp³-hybridized carbons (Fsp3) is 0.917. The third kappa shape index (κ3) is 7.92. The van der Waals surface area contributed by atoms with E-state index in [-0.39, 0.29) is 29.7 Å². The lowest BCUT2D eigenvalue weighted by Crippen LogP contribution is -2.48. The minimum Gasteiger partial charge on any atom is -0.356 e. The van der Waals surface area contributed by atoms with Crippen LogP contribution in [0.25, 0.3) is 0 Å². The highest BCUT2D eigenvalue weighted by molar-refractivity contribution is 14.0. The monoisotopic (exact) mass is 435 g/mol. The predicted octanol–water partition coefficient (Wildman–Crippen LogP) is 1.44. The molecule has 1 aliphatic rings. The maximum absolute atomic E-state index is 11.1. The Morgan fingerprint density at radius 3 is 2.75 bits per heavy atom. The average Bonchev–Trinajstić information content (AvgIpc) is 2.37. The lowest BCUT2D eigenvalue weighted by Gasteiger charge is -2.34. The molecule has 1 heterocycles. The van der Waals surface area contributed by atoms with Crippen LogP contribution in [0.5, 0.6) is 0 Å². The van der Waals surface area contributed by atoms with Crippen molar-refractivity contribution in [2.45, 2.75) is 25.0 Å². The second-order valence-corrected chi connectivity index (χ2v) is 8.47. The Balaban J connectivity index is 0.00000361. The fourth-order valence-corrected chi connectivity index (χ4v) is 3.87. The summed E-state index contributed by atoms with van der Waals surface area (Å²) in [6.07, 6.45) is 3.07. The van der Waals surface area contributed by atoms with Crippen molar-refractivity contribution in [1.29, 1.82) is 0 Å². The molecule has 8 heteroatoms. The topological polar surface area (TPSA) is 61.8 Å². The maximum Gasteiger partial charge on any atom is 0.193 e. The summed E-state index contributed by atoms with van der Waals surface area (Å²) in [6, 6.07) is 0. The third-order valence-corrected chi connectivity index (χ3v) is 5.48. The smallest absolute Gasteiger partial charge is 0.193 e. The summed E-state index contributed by atoms with van der Waals surface area (Å²) in [5, 5.41) is 3.93. The largest absolute Gasteiger partial charge is 0.356 e. The summed E-state index contributed by atoms with van der Waals surface area (Å²) in [6.45, 7) is 4.89. The van der Waals surface area contributed by atoms with Crippen molar-refractivity contribution in [2.75, 3.05) is 44.4 Å². The molecule has 1 atom stereocenters. The van der Waals surface area contributed by atoms with E-state index in [1.54, 1.807) is 7.05 Å². The molecule has 120 valence electrons. The van der Waals surface area contributed by atoms with Crippen LogP contribution in [-0.2, 0) is 9.84 Å². The zero-order valence-corrected chi connectivity index (χ0v) is 16.4. The molecule has 0 aromatic heterocycles. The summed E-state index contributed by atoms with van der Waals surface area (Å²) in [5.41, 5.74) is 0. The van der Waals surface area contributed by atoms with Gasteiger partial charge in [-0.15, -0.1) is 24.0 Å². The van der Waals surface area contributed by atoms with Crippen LogP contribution in [0, 0.1) is 0 Å². The summed E-state index contributed by atoms with van der Waals surface area (Å²) < 4.78 is 22.1. The highest BCUT2D eigenvalue weighted by Gasteiger charge is 2.21. The number of guanidine groups is 1. The number of rotatable bonds is 5. The van der Waals surface area contributed by atoms with Crippen LogP contribution in [0.2, 0.25) is 0 Å². The molecule has 0 radical (unpaired) electrons. The molecule has 0 saturated carbocycles. The van der Waals surface area contributed by atoms with E-state index in [4.69, 9.17) is 0 Å². The van der Waals surface area contributed by atoms with Crippen LogP contribution in [0.1, 0.15) is 19.8 Å². The van der Waals surface area contributed by atoms with E-state index >= 15 is 0 Å². The van der Waals surface area contributed by atoms with Crippen LogP contribution in [0.4, 0.5) is 0 Å². The first kappa shape index (κ1) is 20.3. The summed E-state index contributed by atoms with van der Waals surface area (Å²) in [7, 11) is -1.08. The van der Waals surface area contributed by atoms with E-state index in [1.807, 2.05) is 11.8 Å². The first-order valence-electron chi connectivity index (χ1n) is 6.71. The number of thioether (sulfide) groups is 1. The van der Waals surface area contributed by atoms with Gasteiger partial charge in [0.15, 0.2) is 5.96 Å². The van der Waals surface area contributed by atoms with Gasteiger partial charge in [-0.05, 0) is 12.8 Å². The van der Waals surface area contributed by atoms with E-state index in [0.29, 0.717) is 18.2 Å². The van der Waals surface area contributed by atoms with Crippen LogP contribution in [0.15, 0.2) is 4.99 Å². The van der Waals surface area contributed by atoms with Crippen molar-refractivity contribution >= 4 is 51.5 Å². The standard InChI is InChI=1S/C12H25N3O2S2.HI/c1-4-11-10-15(7-8-18-11)12(13-2)14-6-5-9-19(3,16)17;/h11H,4-10H2,1-3H3,(H,13,14);1H. The van der Waals surface area contributed by atoms with E-state index < -0.39 is 9.84 Å². The minimum atomic E-state index is -2.86. The number of nitrogens with one attached hydrogen (secondary N) is 1. The SMILES string of the molecule is CCC1CN(C(=NC)NCCCS(C)(=O)=O)CCS1.I. The number of sulfone groups is 1. The van der Waals surface area contributed by atoms with Gasteiger partial charge in [-0.25, -0.2) is 8.42 Å². The van der Waals surface area contributed by atoms with Gasteiger partial charge in [-0.2, -0.15) is 11.8 Å². The molecule has 1 fully saturated rings. The van der Waals surface area contributed by atoms with E-state index in [2.05, 4.69) is 22.1 Å². The average molecular weight is 435 g/mol. The lowest BCUT2D eigenvalue weighted by atomic mass is 10.3. The molecule has 1 saturated heterocycles. The number of hydrogen-bond donors (Lipinski definition) is 1. The Morgan fingerprint density at radius 2 is 2.20 bits per heavy atom. The fourth-order valence-electron chi connectivity index (χ4n) is 2.03. The van der Waals surface area contributed by atoms with Gasteiger partial charge in [0.05, 0.1) is 5.75 Å². The van der Waals surface area contributed by atoms with Gasteiger partial charge in [0.25, 0.3) is 0 Å². The van der Waals surface area contributed by atoms with Gasteiger partial charge in [0, 0.05) is 43.9 Å². The Hall–Kier alpha value is 0.300. The third-order valence-electron chi connectivity index (χ3n) is 3.08. The molecule has 0 spiro atoms. The van der Waals surface area contributed by atoms with E-state index in [9.17, 15) is 8.42 Å². The first-order chi connectivity index (χ1) is 8.96. The summed E-state index contributed by atoms with van der Waals surface area (Å²) in [4.78, 5) is 6.56. The molecule has 5 nitrogen and oxygen atoms in total. The van der Waals surface area contributed by atoms with Crippen molar-refractivity contribution < 1.29 is 8.42 Å². The van der Waals surface area contributed by atoms with Crippen LogP contribution >= 0.6 is 35.7 Å². The second kappa shape index (κ2) is 10.1. The second-order valence-electron chi connectivity index (χ2n) is 4.80. The van der Waals surface area contributed by atoms with Gasteiger partial charge in [-0.3, -0.25) is 4.99 Å². The number of halogens is 1. The summed E-state index contributed by atoms with van der Waals surface area (Å²) in [5.74, 6) is 2.25. The van der Waals surface area contributed by atoms with Crippen LogP contribution in [-0.4, -0.2) is 69.0 Å². The molecule has 1 unspecified atom stereocenters. The van der Waals surface area contributed by atoms with Crippen LogP contribution < -0.4 is 5.32 Å². The van der Waals surface area contributed by atoms with Crippen LogP contribution in [0.3, 0.4) is 0 Å². The van der Waals surface area contributed by atoms with Gasteiger partial charge < -0.3 is 10.2 Å². The molecule has 0 aliphatic carbocycles. The van der Waals surface area contributed by atoms with Gasteiger partial charge in [0.2, 0.25) is 0 Å². The lowest BCUT2D eigenvalue weighted by molar-refractivity contribution is 0.408. The molecular formula is C12H26IN3O2S2. The van der Waals surface area contributed by atoms with Gasteiger partial charge in [-0.1, -0.05) is 6.92 Å². The molecule has 0 bridgehead atoms. The zero-order chi connectivity index (χ0) is 14.3. The van der Waals surface area contributed by atoms with Crippen molar-refractivity contribution in [1.82, 2.24) is 10.2 Å². The van der Waals surface area contributed by atoms with Gasteiger partial charge in [0.1, 0.15) is 9.84 Å². The van der Waals surface area contributed by atoms with Crippen molar-refractivity contribution in [3.63, 3.8) is 0 Å². The highest BCUT2D eigenvalue weighted by Crippen LogP contribution is 2.20. The molecule has 1 rings (SSSR count). The number of aliphatic imine (C=N–C) groups is 1. The molecule has 0 aromatic carbocycles. The number of hydrogen-bond acceptors (Lipinski definition) is 4. The quantitative estimate of drug-likeness (QED) is 0.307. The zero-order valence-electron chi connectivity index (χ0n) is 12.5. The maximum atomic E-state index is 11.1. The summed E-state index contributed by atoms with van der Waals surface area (Å²) >= 11 is 2.02. The highest BCUT2D eigenvalue weighted by atomic mass is 127. The van der Waals surface area contributed by atoms with E-state index in [1.165, 1.54) is 12.7 Å². The Kier molecular flexibility index (Phi) is 10.2. The van der Waals surface area contributed by atoms with Crippen molar-refractivity contribution in [3.8, 4) is 0 Å². The Bertz CT molecular complexity index is 402. The minimum absolute atomic E-state index is 0. The molecule has 1 aliphatic heterocycles. The Labute approximate surface area is 144 Å². The molecule has 0 amide bonds. The first-order valence-corrected chi connectivity index (χ1v) is 9.82. The molecular weight excluding hydrogens is 409 g/mol.